The molecule has 1 aromatic carbocycles. The zero-order valence-electron chi connectivity index (χ0n) is 27.6. The van der Waals surface area contributed by atoms with Gasteiger partial charge in [0.1, 0.15) is 17.5 Å². The number of Topliss-reactive ketones (excluding diaryl/α,β-unsaturated/α-hetero) is 1. The fourth-order valence-corrected chi connectivity index (χ4v) is 5.84. The Morgan fingerprint density at radius 2 is 1.89 bits per heavy atom. The van der Waals surface area contributed by atoms with Gasteiger partial charge in [0.25, 0.3) is 11.5 Å². The van der Waals surface area contributed by atoms with Gasteiger partial charge in [0.2, 0.25) is 5.95 Å². The van der Waals surface area contributed by atoms with Gasteiger partial charge in [-0.1, -0.05) is 18.2 Å². The van der Waals surface area contributed by atoms with E-state index in [1.165, 1.54) is 16.8 Å². The maximum atomic E-state index is 14.1. The first-order chi connectivity index (χ1) is 22.3. The molecule has 3 aromatic heterocycles. The number of carbonyl (C=O) groups is 2. The second-order valence-electron chi connectivity index (χ2n) is 12.9. The molecule has 1 fully saturated rings. The molecule has 248 valence electrons. The summed E-state index contributed by atoms with van der Waals surface area (Å²) < 4.78 is 22.4. The summed E-state index contributed by atoms with van der Waals surface area (Å²) in [5.41, 5.74) is 2.99. The lowest BCUT2D eigenvalue weighted by Crippen LogP contribution is -2.43. The Morgan fingerprint density at radius 3 is 2.57 bits per heavy atom. The van der Waals surface area contributed by atoms with Gasteiger partial charge in [-0.05, 0) is 69.2 Å². The lowest BCUT2D eigenvalue weighted by molar-refractivity contribution is -0.155. The maximum absolute atomic E-state index is 14.1. The van der Waals surface area contributed by atoms with Crippen LogP contribution in [0.5, 0.6) is 0 Å². The number of aryl methyl sites for hydroxylation is 1. The van der Waals surface area contributed by atoms with E-state index in [-0.39, 0.29) is 30.1 Å². The molecule has 1 N–H and O–H groups in total. The first-order valence-electron chi connectivity index (χ1n) is 15.6. The number of halogens is 1. The normalized spacial score (nSPS) is 16.8. The van der Waals surface area contributed by atoms with Crippen molar-refractivity contribution in [3.8, 4) is 16.9 Å². The Morgan fingerprint density at radius 1 is 1.15 bits per heavy atom. The van der Waals surface area contributed by atoms with Gasteiger partial charge in [-0.2, -0.15) is 14.6 Å². The molecule has 1 amide bonds. The highest BCUT2D eigenvalue weighted by Crippen LogP contribution is 2.37. The first-order valence-corrected chi connectivity index (χ1v) is 15.6. The number of ether oxygens (including phenoxy) is 1. The van der Waals surface area contributed by atoms with Crippen LogP contribution in [0.3, 0.4) is 0 Å². The van der Waals surface area contributed by atoms with Crippen LogP contribution in [-0.2, 0) is 27.8 Å². The fourth-order valence-electron chi connectivity index (χ4n) is 5.84. The SMILES string of the molecule is COCCN1C[C@@H](CC(=O)Cc2c(C)c(-c3cc(C(=O)NC(C)(C)C)c(=O)n(C)c3)nn2-c2ccccc2)[C@H](c2ccnc(F)c2)O1. The quantitative estimate of drug-likeness (QED) is 0.239. The van der Waals surface area contributed by atoms with Crippen LogP contribution in [0.15, 0.2) is 65.7 Å². The smallest absolute Gasteiger partial charge is 0.263 e. The van der Waals surface area contributed by atoms with E-state index >= 15 is 0 Å². The molecule has 12 heteroatoms. The molecule has 0 unspecified atom stereocenters. The van der Waals surface area contributed by atoms with Crippen molar-refractivity contribution in [2.24, 2.45) is 13.0 Å². The highest BCUT2D eigenvalue weighted by atomic mass is 19.1. The van der Waals surface area contributed by atoms with Crippen molar-refractivity contribution in [1.29, 1.82) is 0 Å². The second-order valence-corrected chi connectivity index (χ2v) is 12.9. The Bertz CT molecular complexity index is 1810. The largest absolute Gasteiger partial charge is 0.383 e. The minimum atomic E-state index is -0.612. The van der Waals surface area contributed by atoms with E-state index in [2.05, 4.69) is 10.3 Å². The third kappa shape index (κ3) is 7.90. The Hall–Kier alpha value is -4.52. The van der Waals surface area contributed by atoms with Crippen molar-refractivity contribution < 1.29 is 23.6 Å². The minimum Gasteiger partial charge on any atom is -0.383 e. The number of hydrogen-bond donors (Lipinski definition) is 1. The molecule has 4 aromatic rings. The molecule has 0 spiro atoms. The van der Waals surface area contributed by atoms with Crippen molar-refractivity contribution >= 4 is 11.7 Å². The molecule has 1 saturated heterocycles. The molecule has 0 saturated carbocycles. The van der Waals surface area contributed by atoms with Gasteiger partial charge in [-0.15, -0.1) is 0 Å². The van der Waals surface area contributed by atoms with Crippen molar-refractivity contribution in [1.82, 2.24) is 29.7 Å². The molecule has 0 bridgehead atoms. The van der Waals surface area contributed by atoms with Gasteiger partial charge in [-0.3, -0.25) is 19.2 Å². The molecular weight excluding hydrogens is 603 g/mol. The summed E-state index contributed by atoms with van der Waals surface area (Å²) in [4.78, 5) is 49.8. The van der Waals surface area contributed by atoms with Crippen LogP contribution >= 0.6 is 0 Å². The van der Waals surface area contributed by atoms with Crippen LogP contribution in [0.2, 0.25) is 0 Å². The minimum absolute atomic E-state index is 0.00376. The zero-order valence-corrected chi connectivity index (χ0v) is 27.6. The van der Waals surface area contributed by atoms with Crippen LogP contribution in [0.1, 0.15) is 60.5 Å². The molecule has 2 atom stereocenters. The molecule has 5 rings (SSSR count). The number of para-hydroxylation sites is 1. The van der Waals surface area contributed by atoms with Gasteiger partial charge in [0, 0.05) is 69.5 Å². The van der Waals surface area contributed by atoms with Crippen LogP contribution in [0.25, 0.3) is 16.9 Å². The molecule has 0 aliphatic carbocycles. The van der Waals surface area contributed by atoms with E-state index in [1.807, 2.05) is 58.0 Å². The Balaban J connectivity index is 1.48. The predicted molar refractivity (Wildman–Crippen MR) is 174 cm³/mol. The van der Waals surface area contributed by atoms with Crippen LogP contribution in [-0.4, -0.2) is 68.4 Å². The van der Waals surface area contributed by atoms with E-state index < -0.39 is 29.1 Å². The van der Waals surface area contributed by atoms with E-state index in [4.69, 9.17) is 14.7 Å². The number of methoxy groups -OCH3 is 1. The number of amides is 1. The molecule has 47 heavy (non-hydrogen) atoms. The summed E-state index contributed by atoms with van der Waals surface area (Å²) in [7, 11) is 3.20. The number of ketones is 1. The van der Waals surface area contributed by atoms with Crippen molar-refractivity contribution in [2.45, 2.75) is 52.2 Å². The van der Waals surface area contributed by atoms with Gasteiger partial charge < -0.3 is 14.6 Å². The number of hydroxylamine groups is 2. The number of nitrogens with one attached hydrogen (secondary N) is 1. The first kappa shape index (κ1) is 33.8. The van der Waals surface area contributed by atoms with E-state index in [9.17, 15) is 18.8 Å². The highest BCUT2D eigenvalue weighted by molar-refractivity contribution is 5.95. The van der Waals surface area contributed by atoms with Crippen molar-refractivity contribution in [3.05, 3.63) is 99.6 Å². The molecule has 0 radical (unpaired) electrons. The average molecular weight is 645 g/mol. The summed E-state index contributed by atoms with van der Waals surface area (Å²) in [6, 6.07) is 14.1. The van der Waals surface area contributed by atoms with Gasteiger partial charge in [0.15, 0.2) is 0 Å². The predicted octanol–water partition coefficient (Wildman–Crippen LogP) is 4.36. The number of rotatable bonds is 11. The van der Waals surface area contributed by atoms with Crippen LogP contribution in [0.4, 0.5) is 4.39 Å². The fraction of sp³-hybridized carbons (Fsp3) is 0.400. The molecule has 1 aliphatic rings. The number of aromatic nitrogens is 4. The second kappa shape index (κ2) is 14.1. The summed E-state index contributed by atoms with van der Waals surface area (Å²) >= 11 is 0. The molecular formula is C35H41FN6O5. The lowest BCUT2D eigenvalue weighted by atomic mass is 9.91. The summed E-state index contributed by atoms with van der Waals surface area (Å²) in [5.74, 6) is -1.36. The van der Waals surface area contributed by atoms with Crippen molar-refractivity contribution in [2.75, 3.05) is 26.8 Å². The summed E-state index contributed by atoms with van der Waals surface area (Å²) in [6.07, 6.45) is 2.78. The Kier molecular flexibility index (Phi) is 10.1. The molecule has 4 heterocycles. The Labute approximate surface area is 273 Å². The van der Waals surface area contributed by atoms with Crippen molar-refractivity contribution in [3.63, 3.8) is 0 Å². The summed E-state index contributed by atoms with van der Waals surface area (Å²) in [5, 5.41) is 9.54. The van der Waals surface area contributed by atoms with E-state index in [1.54, 1.807) is 42.2 Å². The van der Waals surface area contributed by atoms with Gasteiger partial charge in [0.05, 0.1) is 23.7 Å². The van der Waals surface area contributed by atoms with Gasteiger partial charge >= 0.3 is 0 Å². The monoisotopic (exact) mass is 644 g/mol. The standard InChI is InChI=1S/C35H41FN6O5/c1-22-29(19-27(43)16-25-21-41(14-15-46-6)47-32(25)23-12-13-37-30(36)18-23)42(26-10-8-7-9-11-26)39-31(22)24-17-28(34(45)40(5)20-24)33(44)38-35(2,3)4/h7-13,17-18,20,25,32H,14-16,19,21H2,1-6H3,(H,38,44)/t25-,32+/m1/s1. The third-order valence-corrected chi connectivity index (χ3v) is 8.04. The molecule has 11 nitrogen and oxygen atoms in total. The number of pyridine rings is 2. The molecule has 1 aliphatic heterocycles. The average Bonchev–Trinajstić information content (AvgIpc) is 3.57. The van der Waals surface area contributed by atoms with E-state index in [0.29, 0.717) is 42.2 Å². The summed E-state index contributed by atoms with van der Waals surface area (Å²) in [6.45, 7) is 8.86. The topological polar surface area (TPSA) is 121 Å². The lowest BCUT2D eigenvalue weighted by Gasteiger charge is -2.20. The number of nitrogens with zero attached hydrogens (tertiary/aromatic N) is 5. The third-order valence-electron chi connectivity index (χ3n) is 8.04. The zero-order chi connectivity index (χ0) is 33.9. The maximum Gasteiger partial charge on any atom is 0.263 e. The number of hydrogen-bond acceptors (Lipinski definition) is 8. The van der Waals surface area contributed by atoms with Gasteiger partial charge in [-0.25, -0.2) is 9.67 Å². The van der Waals surface area contributed by atoms with Crippen LogP contribution in [0, 0.1) is 18.8 Å². The highest BCUT2D eigenvalue weighted by Gasteiger charge is 2.37. The number of benzene rings is 1. The number of carbonyl (C=O) groups excluding carboxylic acids is 2. The van der Waals surface area contributed by atoms with Crippen LogP contribution < -0.4 is 10.9 Å². The van der Waals surface area contributed by atoms with E-state index in [0.717, 1.165) is 11.3 Å².